The number of rotatable bonds is 3. The Morgan fingerprint density at radius 3 is 2.06 bits per heavy atom. The molecule has 96 valence electrons. The van der Waals surface area contributed by atoms with Crippen LogP contribution in [-0.4, -0.2) is 59.3 Å². The summed E-state index contributed by atoms with van der Waals surface area (Å²) in [5.41, 5.74) is 0. The number of aliphatic hydroxyl groups excluding tert-OH is 3. The predicted octanol–water partition coefficient (Wildman–Crippen LogP) is -9.64. The average molecular weight is 302 g/mol. The van der Waals surface area contributed by atoms with E-state index in [4.69, 9.17) is 4.74 Å². The molecule has 18 heavy (non-hydrogen) atoms. The van der Waals surface area contributed by atoms with E-state index in [9.17, 15) is 29.7 Å². The third kappa shape index (κ3) is 6.15. The molecule has 0 spiro atoms. The van der Waals surface area contributed by atoms with Gasteiger partial charge in [0.05, 0.1) is 6.10 Å². The quantitative estimate of drug-likeness (QED) is 0.344. The Kier molecular flexibility index (Phi) is 11.2. The van der Waals surface area contributed by atoms with E-state index in [1.807, 2.05) is 0 Å². The molecule has 3 N–H and O–H groups in total. The van der Waals surface area contributed by atoms with E-state index in [-0.39, 0.29) is 59.1 Å². The van der Waals surface area contributed by atoms with Gasteiger partial charge in [0, 0.05) is 13.3 Å². The van der Waals surface area contributed by atoms with Crippen LogP contribution in [0.1, 0.15) is 0 Å². The molecule has 1 aliphatic heterocycles. The van der Waals surface area contributed by atoms with Gasteiger partial charge in [0.2, 0.25) is 0 Å². The molecule has 0 aromatic carbocycles. The Labute approximate surface area is 148 Å². The second kappa shape index (κ2) is 9.07. The normalized spacial score (nSPS) is 36.4. The molecule has 1 aliphatic rings. The van der Waals surface area contributed by atoms with E-state index in [1.54, 1.807) is 0 Å². The molecule has 11 heteroatoms. The van der Waals surface area contributed by atoms with Gasteiger partial charge < -0.3 is 39.1 Å². The Balaban J connectivity index is 0. The Hall–Kier alpha value is 1.95. The van der Waals surface area contributed by atoms with Crippen molar-refractivity contribution in [3.8, 4) is 0 Å². The van der Waals surface area contributed by atoms with Crippen LogP contribution < -0.4 is 68.9 Å². The molecular formula is C7H13Na2O8P. The predicted molar refractivity (Wildman–Crippen MR) is 46.2 cm³/mol. The molecule has 1 heterocycles. The summed E-state index contributed by atoms with van der Waals surface area (Å²) in [7, 11) is -3.72. The first-order valence-electron chi connectivity index (χ1n) is 4.50. The van der Waals surface area contributed by atoms with Crippen molar-refractivity contribution in [2.45, 2.75) is 30.7 Å². The largest absolute Gasteiger partial charge is 1.00 e. The Morgan fingerprint density at radius 1 is 1.17 bits per heavy atom. The van der Waals surface area contributed by atoms with Crippen LogP contribution >= 0.6 is 7.60 Å². The first-order valence-corrected chi connectivity index (χ1v) is 6.22. The van der Waals surface area contributed by atoms with Crippen LogP contribution in [0.3, 0.4) is 0 Å². The summed E-state index contributed by atoms with van der Waals surface area (Å²) < 4.78 is 20.0. The maximum absolute atomic E-state index is 10.5. The van der Waals surface area contributed by atoms with Crippen LogP contribution in [0.15, 0.2) is 0 Å². The van der Waals surface area contributed by atoms with Crippen molar-refractivity contribution in [1.29, 1.82) is 0 Å². The van der Waals surface area contributed by atoms with E-state index in [2.05, 4.69) is 4.74 Å². The number of methoxy groups -OCH3 is 1. The van der Waals surface area contributed by atoms with Crippen LogP contribution in [-0.2, 0) is 14.0 Å². The molecule has 0 aromatic heterocycles. The average Bonchev–Trinajstić information content (AvgIpc) is 2.17. The number of hydrogen-bond acceptors (Lipinski definition) is 8. The maximum Gasteiger partial charge on any atom is 1.00 e. The van der Waals surface area contributed by atoms with Gasteiger partial charge in [-0.3, -0.25) is 0 Å². The fourth-order valence-corrected chi connectivity index (χ4v) is 2.23. The van der Waals surface area contributed by atoms with Crippen molar-refractivity contribution < 1.29 is 98.3 Å². The molecule has 1 saturated heterocycles. The van der Waals surface area contributed by atoms with Crippen LogP contribution in [0.25, 0.3) is 0 Å². The van der Waals surface area contributed by atoms with Crippen LogP contribution in [0.2, 0.25) is 0 Å². The molecule has 0 saturated carbocycles. The number of aliphatic hydroxyl groups is 3. The molecule has 0 bridgehead atoms. The summed E-state index contributed by atoms with van der Waals surface area (Å²) in [6.07, 6.45) is -8.46. The SMILES string of the molecule is CO[C@H]1O[C@H](CP(=O)([O-])[O-])[C@@H](O)[C@H](O)[C@@H]1O.[Na+].[Na+]. The summed E-state index contributed by atoms with van der Waals surface area (Å²) in [5, 5.41) is 28.1. The summed E-state index contributed by atoms with van der Waals surface area (Å²) >= 11 is 0. The van der Waals surface area contributed by atoms with E-state index in [0.717, 1.165) is 0 Å². The van der Waals surface area contributed by atoms with Crippen molar-refractivity contribution >= 4 is 7.60 Å². The molecule has 0 aliphatic carbocycles. The second-order valence-corrected chi connectivity index (χ2v) is 5.13. The zero-order valence-corrected chi connectivity index (χ0v) is 15.3. The van der Waals surface area contributed by atoms with Crippen LogP contribution in [0.5, 0.6) is 0 Å². The topological polar surface area (TPSA) is 142 Å². The first kappa shape index (κ1) is 22.2. The standard InChI is InChI=1S/C7H15O8P.2Na/c1-14-7-6(10)5(9)4(8)3(15-7)2-16(11,12)13;;/h3-10H,2H2,1H3,(H2,11,12,13);;/q;2*+1/p-2/t3-,4-,5+,6+,7+;;/m1../s1. The minimum Gasteiger partial charge on any atom is -0.811 e. The first-order chi connectivity index (χ1) is 7.26. The van der Waals surface area contributed by atoms with Gasteiger partial charge in [-0.15, -0.1) is 0 Å². The van der Waals surface area contributed by atoms with Crippen LogP contribution in [0, 0.1) is 0 Å². The van der Waals surface area contributed by atoms with Crippen molar-refractivity contribution in [2.75, 3.05) is 13.3 Å². The summed E-state index contributed by atoms with van der Waals surface area (Å²) in [4.78, 5) is 21.0. The van der Waals surface area contributed by atoms with E-state index < -0.39 is 44.5 Å². The molecule has 0 aromatic rings. The smallest absolute Gasteiger partial charge is 0.811 e. The summed E-state index contributed by atoms with van der Waals surface area (Å²) in [6, 6.07) is 0. The molecule has 0 radical (unpaired) electrons. The van der Waals surface area contributed by atoms with Crippen molar-refractivity contribution in [3.05, 3.63) is 0 Å². The Morgan fingerprint density at radius 2 is 1.67 bits per heavy atom. The molecule has 1 rings (SSSR count). The van der Waals surface area contributed by atoms with Crippen molar-refractivity contribution in [2.24, 2.45) is 0 Å². The van der Waals surface area contributed by atoms with Gasteiger partial charge in [-0.2, -0.15) is 0 Å². The monoisotopic (exact) mass is 302 g/mol. The third-order valence-corrected chi connectivity index (χ3v) is 3.11. The minimum absolute atomic E-state index is 0. The molecule has 0 amide bonds. The molecule has 0 unspecified atom stereocenters. The number of hydrogen-bond donors (Lipinski definition) is 3. The van der Waals surface area contributed by atoms with E-state index in [0.29, 0.717) is 0 Å². The van der Waals surface area contributed by atoms with E-state index in [1.165, 1.54) is 7.11 Å². The third-order valence-electron chi connectivity index (χ3n) is 2.30. The number of ether oxygens (including phenoxy) is 2. The zero-order chi connectivity index (χ0) is 12.5. The van der Waals surface area contributed by atoms with Crippen molar-refractivity contribution in [1.82, 2.24) is 0 Å². The van der Waals surface area contributed by atoms with E-state index >= 15 is 0 Å². The summed E-state index contributed by atoms with van der Waals surface area (Å²) in [5.74, 6) is 0. The zero-order valence-electron chi connectivity index (χ0n) is 10.4. The van der Waals surface area contributed by atoms with Gasteiger partial charge in [-0.05, 0) is 0 Å². The minimum atomic E-state index is -4.89. The van der Waals surface area contributed by atoms with Gasteiger partial charge in [-0.1, -0.05) is 7.60 Å². The fraction of sp³-hybridized carbons (Fsp3) is 1.00. The molecule has 5 atom stereocenters. The summed E-state index contributed by atoms with van der Waals surface area (Å²) in [6.45, 7) is 0. The van der Waals surface area contributed by atoms with Crippen LogP contribution in [0.4, 0.5) is 0 Å². The van der Waals surface area contributed by atoms with Gasteiger partial charge in [0.1, 0.15) is 18.3 Å². The fourth-order valence-electron chi connectivity index (χ4n) is 1.48. The second-order valence-electron chi connectivity index (χ2n) is 3.54. The van der Waals surface area contributed by atoms with Crippen molar-refractivity contribution in [3.63, 3.8) is 0 Å². The molecule has 8 nitrogen and oxygen atoms in total. The Bertz CT molecular complexity index is 285. The van der Waals surface area contributed by atoms with Gasteiger partial charge in [0.15, 0.2) is 6.29 Å². The maximum atomic E-state index is 10.5. The van der Waals surface area contributed by atoms with Gasteiger partial charge in [-0.25, -0.2) is 0 Å². The molecule has 1 fully saturated rings. The van der Waals surface area contributed by atoms with Gasteiger partial charge >= 0.3 is 59.1 Å². The van der Waals surface area contributed by atoms with Gasteiger partial charge in [0.25, 0.3) is 0 Å². The molecular weight excluding hydrogens is 289 g/mol.